The van der Waals surface area contributed by atoms with Crippen molar-refractivity contribution in [3.05, 3.63) is 58.6 Å². The van der Waals surface area contributed by atoms with Gasteiger partial charge in [-0.3, -0.25) is 14.5 Å². The lowest BCUT2D eigenvalue weighted by atomic mass is 10.0. The maximum absolute atomic E-state index is 13.0. The zero-order valence-electron chi connectivity index (χ0n) is 17.7. The van der Waals surface area contributed by atoms with E-state index >= 15 is 0 Å². The third-order valence-electron chi connectivity index (χ3n) is 5.52. The molecular weight excluding hydrogens is 434 g/mol. The number of benzene rings is 2. The molecule has 2 aliphatic rings. The van der Waals surface area contributed by atoms with Gasteiger partial charge in [0.1, 0.15) is 11.8 Å². The molecule has 4 rings (SSSR count). The van der Waals surface area contributed by atoms with Crippen molar-refractivity contribution in [2.24, 2.45) is 0 Å². The molecule has 2 aromatic carbocycles. The molecule has 0 radical (unpaired) electrons. The molecule has 0 aromatic heterocycles. The molecule has 2 amide bonds. The highest BCUT2D eigenvalue weighted by molar-refractivity contribution is 6.30. The number of carbonyl (C=O) groups excluding carboxylic acids is 3. The smallest absolute Gasteiger partial charge is 0.328 e. The van der Waals surface area contributed by atoms with Crippen molar-refractivity contribution in [3.63, 3.8) is 0 Å². The van der Waals surface area contributed by atoms with E-state index in [0.29, 0.717) is 54.8 Å². The second-order valence-corrected chi connectivity index (χ2v) is 8.02. The molecule has 0 aliphatic carbocycles. The number of nitrogens with one attached hydrogen (secondary N) is 1. The first-order valence-corrected chi connectivity index (χ1v) is 10.9. The van der Waals surface area contributed by atoms with Crippen molar-refractivity contribution >= 4 is 35.1 Å². The summed E-state index contributed by atoms with van der Waals surface area (Å²) in [6.07, 6.45) is 0. The molecule has 9 heteroatoms. The van der Waals surface area contributed by atoms with Gasteiger partial charge in [0.15, 0.2) is 6.61 Å². The van der Waals surface area contributed by atoms with Crippen LogP contribution in [0.2, 0.25) is 5.02 Å². The molecule has 0 saturated carbocycles. The Morgan fingerprint density at radius 1 is 1.12 bits per heavy atom. The lowest BCUT2D eigenvalue weighted by Crippen LogP contribution is -2.51. The fourth-order valence-corrected chi connectivity index (χ4v) is 4.06. The number of nitrogens with zero attached hydrogens (tertiary/aromatic N) is 2. The quantitative estimate of drug-likeness (QED) is 0.694. The molecular formula is C23H24ClN3O5. The van der Waals surface area contributed by atoms with Gasteiger partial charge in [-0.25, -0.2) is 4.79 Å². The van der Waals surface area contributed by atoms with E-state index in [0.717, 1.165) is 5.56 Å². The Morgan fingerprint density at radius 2 is 1.84 bits per heavy atom. The number of anilines is 1. The second-order valence-electron chi connectivity index (χ2n) is 7.58. The Balaban J connectivity index is 1.45. The summed E-state index contributed by atoms with van der Waals surface area (Å²) in [5, 5.41) is 3.31. The monoisotopic (exact) mass is 457 g/mol. The van der Waals surface area contributed by atoms with Crippen LogP contribution >= 0.6 is 11.6 Å². The molecule has 1 fully saturated rings. The normalized spacial score (nSPS) is 17.1. The van der Waals surface area contributed by atoms with Crippen LogP contribution in [0.4, 0.5) is 5.69 Å². The third-order valence-corrected chi connectivity index (χ3v) is 5.78. The van der Waals surface area contributed by atoms with Gasteiger partial charge in [-0.05, 0) is 42.8 Å². The topological polar surface area (TPSA) is 88.2 Å². The summed E-state index contributed by atoms with van der Waals surface area (Å²) in [4.78, 5) is 40.9. The van der Waals surface area contributed by atoms with Crippen molar-refractivity contribution in [3.8, 4) is 5.75 Å². The van der Waals surface area contributed by atoms with Gasteiger partial charge >= 0.3 is 5.97 Å². The lowest BCUT2D eigenvalue weighted by Gasteiger charge is -2.38. The minimum atomic E-state index is -0.551. The van der Waals surface area contributed by atoms with E-state index in [-0.39, 0.29) is 24.4 Å². The maximum atomic E-state index is 13.0. The van der Waals surface area contributed by atoms with Crippen LogP contribution in [0.1, 0.15) is 28.9 Å². The van der Waals surface area contributed by atoms with Crippen molar-refractivity contribution in [1.29, 1.82) is 0 Å². The number of amides is 2. The van der Waals surface area contributed by atoms with E-state index in [1.165, 1.54) is 0 Å². The highest BCUT2D eigenvalue weighted by Crippen LogP contribution is 2.30. The number of ether oxygens (including phenoxy) is 2. The standard InChI is InChI=1S/C23H24ClN3O5/c1-2-31-23(30)21(15-3-6-17(24)7-4-15)26-9-11-27(12-10-26)22(29)16-5-8-18-19(13-16)32-14-20(28)25-18/h3-8,13,21H,2,9-12,14H2,1H3,(H,25,28)/t21-/m1/s1. The average Bonchev–Trinajstić information content (AvgIpc) is 2.80. The summed E-state index contributed by atoms with van der Waals surface area (Å²) in [5.41, 5.74) is 1.86. The maximum Gasteiger partial charge on any atom is 0.328 e. The highest BCUT2D eigenvalue weighted by Gasteiger charge is 2.33. The Kier molecular flexibility index (Phi) is 6.62. The summed E-state index contributed by atoms with van der Waals surface area (Å²) in [6.45, 7) is 3.99. The minimum Gasteiger partial charge on any atom is -0.482 e. The zero-order valence-corrected chi connectivity index (χ0v) is 18.4. The second kappa shape index (κ2) is 9.58. The summed E-state index contributed by atoms with van der Waals surface area (Å²) >= 11 is 6.00. The molecule has 0 spiro atoms. The van der Waals surface area contributed by atoms with Crippen LogP contribution in [0.15, 0.2) is 42.5 Å². The highest BCUT2D eigenvalue weighted by atomic mass is 35.5. The fraction of sp³-hybridized carbons (Fsp3) is 0.348. The van der Waals surface area contributed by atoms with Crippen LogP contribution in [-0.4, -0.2) is 67.0 Å². The van der Waals surface area contributed by atoms with Crippen LogP contribution in [-0.2, 0) is 14.3 Å². The molecule has 0 unspecified atom stereocenters. The predicted molar refractivity (Wildman–Crippen MR) is 119 cm³/mol. The number of rotatable bonds is 5. The predicted octanol–water partition coefficient (Wildman–Crippen LogP) is 2.73. The molecule has 1 N–H and O–H groups in total. The SMILES string of the molecule is CCOC(=O)[C@@H](c1ccc(Cl)cc1)N1CCN(C(=O)c2ccc3c(c2)OCC(=O)N3)CC1. The van der Waals surface area contributed by atoms with Crippen LogP contribution in [0.3, 0.4) is 0 Å². The summed E-state index contributed by atoms with van der Waals surface area (Å²) in [5.74, 6) is -0.167. The molecule has 8 nitrogen and oxygen atoms in total. The van der Waals surface area contributed by atoms with E-state index in [9.17, 15) is 14.4 Å². The fourth-order valence-electron chi connectivity index (χ4n) is 3.94. The number of esters is 1. The van der Waals surface area contributed by atoms with Crippen molar-refractivity contribution < 1.29 is 23.9 Å². The van der Waals surface area contributed by atoms with Crippen LogP contribution in [0, 0.1) is 0 Å². The molecule has 168 valence electrons. The van der Waals surface area contributed by atoms with Crippen molar-refractivity contribution in [2.45, 2.75) is 13.0 Å². The largest absolute Gasteiger partial charge is 0.482 e. The molecule has 1 atom stereocenters. The lowest BCUT2D eigenvalue weighted by molar-refractivity contribution is -0.150. The third kappa shape index (κ3) is 4.71. The number of carbonyl (C=O) groups is 3. The van der Waals surface area contributed by atoms with E-state index in [4.69, 9.17) is 21.1 Å². The first-order valence-electron chi connectivity index (χ1n) is 10.5. The Labute approximate surface area is 191 Å². The number of piperazine rings is 1. The molecule has 2 aromatic rings. The summed E-state index contributed by atoms with van der Waals surface area (Å²) in [7, 11) is 0. The average molecular weight is 458 g/mol. The number of fused-ring (bicyclic) bond motifs is 1. The van der Waals surface area contributed by atoms with Gasteiger partial charge in [0.05, 0.1) is 12.3 Å². The van der Waals surface area contributed by atoms with E-state index in [1.54, 1.807) is 42.2 Å². The van der Waals surface area contributed by atoms with Gasteiger partial charge in [0.25, 0.3) is 11.8 Å². The van der Waals surface area contributed by atoms with Crippen LogP contribution < -0.4 is 10.1 Å². The Hall–Kier alpha value is -3.10. The first-order chi connectivity index (χ1) is 15.5. The Morgan fingerprint density at radius 3 is 2.53 bits per heavy atom. The number of hydrogen-bond acceptors (Lipinski definition) is 6. The molecule has 1 saturated heterocycles. The first kappa shape index (κ1) is 22.1. The zero-order chi connectivity index (χ0) is 22.7. The number of hydrogen-bond donors (Lipinski definition) is 1. The van der Waals surface area contributed by atoms with Gasteiger partial charge < -0.3 is 19.7 Å². The van der Waals surface area contributed by atoms with Gasteiger partial charge in [-0.1, -0.05) is 23.7 Å². The van der Waals surface area contributed by atoms with Gasteiger partial charge in [0.2, 0.25) is 0 Å². The molecule has 2 aliphatic heterocycles. The molecule has 32 heavy (non-hydrogen) atoms. The van der Waals surface area contributed by atoms with Crippen LogP contribution in [0.5, 0.6) is 5.75 Å². The van der Waals surface area contributed by atoms with Crippen LogP contribution in [0.25, 0.3) is 0 Å². The van der Waals surface area contributed by atoms with Gasteiger partial charge in [0, 0.05) is 36.8 Å². The van der Waals surface area contributed by atoms with E-state index in [1.807, 2.05) is 17.0 Å². The summed E-state index contributed by atoms with van der Waals surface area (Å²) < 4.78 is 10.7. The molecule has 0 bridgehead atoms. The van der Waals surface area contributed by atoms with E-state index < -0.39 is 6.04 Å². The van der Waals surface area contributed by atoms with Gasteiger partial charge in [-0.2, -0.15) is 0 Å². The van der Waals surface area contributed by atoms with Gasteiger partial charge in [-0.15, -0.1) is 0 Å². The minimum absolute atomic E-state index is 0.0662. The Bertz CT molecular complexity index is 1020. The number of halogens is 1. The van der Waals surface area contributed by atoms with E-state index in [2.05, 4.69) is 5.32 Å². The molecule has 2 heterocycles. The van der Waals surface area contributed by atoms with Crippen molar-refractivity contribution in [1.82, 2.24) is 9.80 Å². The summed E-state index contributed by atoms with van der Waals surface area (Å²) in [6, 6.07) is 11.6. The van der Waals surface area contributed by atoms with Crippen molar-refractivity contribution in [2.75, 3.05) is 44.7 Å².